The molecular weight excluding hydrogens is 332 g/mol. The van der Waals surface area contributed by atoms with Crippen LogP contribution in [0.3, 0.4) is 0 Å². The van der Waals surface area contributed by atoms with Crippen molar-refractivity contribution in [3.05, 3.63) is 48.5 Å². The van der Waals surface area contributed by atoms with Crippen molar-refractivity contribution in [2.24, 2.45) is 0 Å². The third kappa shape index (κ3) is 3.88. The molecule has 1 saturated heterocycles. The van der Waals surface area contributed by atoms with E-state index in [2.05, 4.69) is 41.1 Å². The lowest BCUT2D eigenvalue weighted by Crippen LogP contribution is -2.29. The molecule has 0 amide bonds. The molecule has 1 fully saturated rings. The van der Waals surface area contributed by atoms with Gasteiger partial charge in [-0.3, -0.25) is 4.90 Å². The predicted octanol–water partition coefficient (Wildman–Crippen LogP) is 4.07. The standard InChI is InChI=1S/C20H24N2O2S/c1-21-18-6-2-3-7-19(18)25-20(21)24-17-10-8-16(9-11-17)23-15-14-22-12-4-5-13-22/h2-3,6-11,20H,4-5,12-15H2,1H3. The number of ether oxygens (including phenoxy) is 2. The van der Waals surface area contributed by atoms with Gasteiger partial charge in [-0.2, -0.15) is 0 Å². The molecule has 2 aliphatic rings. The lowest BCUT2D eigenvalue weighted by Gasteiger charge is -2.22. The van der Waals surface area contributed by atoms with Crippen molar-refractivity contribution < 1.29 is 9.47 Å². The first kappa shape index (κ1) is 16.6. The molecule has 0 saturated carbocycles. The van der Waals surface area contributed by atoms with Crippen LogP contribution in [0.1, 0.15) is 12.8 Å². The van der Waals surface area contributed by atoms with Gasteiger partial charge in [0.05, 0.1) is 5.69 Å². The Bertz CT molecular complexity index is 701. The minimum Gasteiger partial charge on any atom is -0.492 e. The zero-order chi connectivity index (χ0) is 17.1. The number of benzene rings is 2. The summed E-state index contributed by atoms with van der Waals surface area (Å²) in [6, 6.07) is 16.4. The van der Waals surface area contributed by atoms with Crippen LogP contribution in [0, 0.1) is 0 Å². The van der Waals surface area contributed by atoms with Crippen molar-refractivity contribution in [1.29, 1.82) is 0 Å². The average Bonchev–Trinajstić information content (AvgIpc) is 3.26. The predicted molar refractivity (Wildman–Crippen MR) is 103 cm³/mol. The number of fused-ring (bicyclic) bond motifs is 1. The molecule has 0 aromatic heterocycles. The number of likely N-dealkylation sites (tertiary alicyclic amines) is 1. The normalized spacial score (nSPS) is 19.9. The van der Waals surface area contributed by atoms with E-state index >= 15 is 0 Å². The summed E-state index contributed by atoms with van der Waals surface area (Å²) in [7, 11) is 2.07. The Hall–Kier alpha value is -1.85. The second-order valence-electron chi connectivity index (χ2n) is 6.49. The molecule has 0 N–H and O–H groups in total. The van der Waals surface area contributed by atoms with Crippen molar-refractivity contribution in [2.75, 3.05) is 38.2 Å². The molecule has 5 heteroatoms. The number of thioether (sulfide) groups is 1. The van der Waals surface area contributed by atoms with E-state index in [-0.39, 0.29) is 5.56 Å². The van der Waals surface area contributed by atoms with Gasteiger partial charge in [-0.05, 0) is 62.3 Å². The maximum atomic E-state index is 6.14. The smallest absolute Gasteiger partial charge is 0.225 e. The van der Waals surface area contributed by atoms with Crippen molar-refractivity contribution in [3.63, 3.8) is 0 Å². The van der Waals surface area contributed by atoms with Crippen LogP contribution in [0.25, 0.3) is 0 Å². The van der Waals surface area contributed by atoms with Crippen LogP contribution in [0.4, 0.5) is 5.69 Å². The zero-order valence-electron chi connectivity index (χ0n) is 14.6. The van der Waals surface area contributed by atoms with Gasteiger partial charge in [-0.25, -0.2) is 0 Å². The van der Waals surface area contributed by atoms with E-state index in [0.717, 1.165) is 24.7 Å². The summed E-state index contributed by atoms with van der Waals surface area (Å²) in [5.41, 5.74) is 1.19. The van der Waals surface area contributed by atoms with Crippen molar-refractivity contribution in [1.82, 2.24) is 4.90 Å². The highest BCUT2D eigenvalue weighted by atomic mass is 32.2. The van der Waals surface area contributed by atoms with Crippen LogP contribution in [0.5, 0.6) is 11.5 Å². The summed E-state index contributed by atoms with van der Waals surface area (Å²) in [4.78, 5) is 5.89. The zero-order valence-corrected chi connectivity index (χ0v) is 15.4. The van der Waals surface area contributed by atoms with E-state index in [9.17, 15) is 0 Å². The fourth-order valence-electron chi connectivity index (χ4n) is 3.28. The minimum absolute atomic E-state index is 0.0284. The van der Waals surface area contributed by atoms with E-state index in [4.69, 9.17) is 9.47 Å². The number of para-hydroxylation sites is 1. The van der Waals surface area contributed by atoms with Crippen molar-refractivity contribution in [3.8, 4) is 11.5 Å². The molecule has 1 unspecified atom stereocenters. The van der Waals surface area contributed by atoms with Gasteiger partial charge < -0.3 is 14.4 Å². The Morgan fingerprint density at radius 3 is 2.48 bits per heavy atom. The first-order valence-corrected chi connectivity index (χ1v) is 9.78. The van der Waals surface area contributed by atoms with Crippen LogP contribution in [0.2, 0.25) is 0 Å². The fraction of sp³-hybridized carbons (Fsp3) is 0.400. The lowest BCUT2D eigenvalue weighted by atomic mass is 10.3. The SMILES string of the molecule is CN1c2ccccc2SC1Oc1ccc(OCCN2CCCC2)cc1. The highest BCUT2D eigenvalue weighted by Crippen LogP contribution is 2.42. The number of hydrogen-bond donors (Lipinski definition) is 0. The average molecular weight is 356 g/mol. The molecular formula is C20H24N2O2S. The molecule has 1 atom stereocenters. The third-order valence-corrected chi connectivity index (χ3v) is 5.94. The van der Waals surface area contributed by atoms with E-state index < -0.39 is 0 Å². The molecule has 2 aromatic rings. The van der Waals surface area contributed by atoms with Crippen LogP contribution < -0.4 is 14.4 Å². The maximum Gasteiger partial charge on any atom is 0.225 e. The molecule has 4 rings (SSSR count). The topological polar surface area (TPSA) is 24.9 Å². The Kier molecular flexibility index (Phi) is 5.04. The van der Waals surface area contributed by atoms with Gasteiger partial charge in [0.1, 0.15) is 18.1 Å². The number of anilines is 1. The second kappa shape index (κ2) is 7.58. The maximum absolute atomic E-state index is 6.14. The Balaban J connectivity index is 1.29. The first-order valence-electron chi connectivity index (χ1n) is 8.90. The molecule has 0 bridgehead atoms. The van der Waals surface area contributed by atoms with Gasteiger partial charge in [0.2, 0.25) is 5.56 Å². The molecule has 132 valence electrons. The molecule has 25 heavy (non-hydrogen) atoms. The fourth-order valence-corrected chi connectivity index (χ4v) is 4.42. The summed E-state index contributed by atoms with van der Waals surface area (Å²) in [6.45, 7) is 4.19. The largest absolute Gasteiger partial charge is 0.492 e. The Morgan fingerprint density at radius 2 is 1.72 bits per heavy atom. The summed E-state index contributed by atoms with van der Waals surface area (Å²) >= 11 is 1.74. The van der Waals surface area contributed by atoms with Crippen LogP contribution >= 0.6 is 11.8 Å². The van der Waals surface area contributed by atoms with Crippen LogP contribution in [-0.4, -0.2) is 43.7 Å². The lowest BCUT2D eigenvalue weighted by molar-refractivity contribution is 0.237. The first-order chi connectivity index (χ1) is 12.3. The van der Waals surface area contributed by atoms with Crippen molar-refractivity contribution in [2.45, 2.75) is 23.3 Å². The number of hydrogen-bond acceptors (Lipinski definition) is 5. The minimum atomic E-state index is -0.0284. The van der Waals surface area contributed by atoms with Crippen molar-refractivity contribution >= 4 is 17.4 Å². The van der Waals surface area contributed by atoms with Gasteiger partial charge >= 0.3 is 0 Å². The molecule has 2 heterocycles. The molecule has 0 aliphatic carbocycles. The molecule has 0 spiro atoms. The van der Waals surface area contributed by atoms with E-state index in [1.165, 1.54) is 36.5 Å². The Labute approximate surface area is 153 Å². The summed E-state index contributed by atoms with van der Waals surface area (Å²) in [5.74, 6) is 1.77. The van der Waals surface area contributed by atoms with Crippen LogP contribution in [-0.2, 0) is 0 Å². The summed E-state index contributed by atoms with van der Waals surface area (Å²) < 4.78 is 12.0. The Morgan fingerprint density at radius 1 is 1.00 bits per heavy atom. The van der Waals surface area contributed by atoms with Gasteiger partial charge in [-0.1, -0.05) is 23.9 Å². The monoisotopic (exact) mass is 356 g/mol. The molecule has 2 aromatic carbocycles. The second-order valence-corrected chi connectivity index (χ2v) is 7.57. The highest BCUT2D eigenvalue weighted by molar-refractivity contribution is 8.00. The third-order valence-electron chi connectivity index (χ3n) is 4.72. The van der Waals surface area contributed by atoms with Gasteiger partial charge in [-0.15, -0.1) is 0 Å². The summed E-state index contributed by atoms with van der Waals surface area (Å²) in [5, 5.41) is 0. The highest BCUT2D eigenvalue weighted by Gasteiger charge is 2.28. The summed E-state index contributed by atoms with van der Waals surface area (Å²) in [6.07, 6.45) is 2.65. The van der Waals surface area contributed by atoms with E-state index in [0.29, 0.717) is 0 Å². The quantitative estimate of drug-likeness (QED) is 0.777. The van der Waals surface area contributed by atoms with Crippen LogP contribution in [0.15, 0.2) is 53.4 Å². The number of nitrogens with zero attached hydrogens (tertiary/aromatic N) is 2. The van der Waals surface area contributed by atoms with Gasteiger partial charge in [0.15, 0.2) is 0 Å². The van der Waals surface area contributed by atoms with E-state index in [1.54, 1.807) is 11.8 Å². The number of rotatable bonds is 6. The van der Waals surface area contributed by atoms with E-state index in [1.807, 2.05) is 24.3 Å². The molecule has 4 nitrogen and oxygen atoms in total. The van der Waals surface area contributed by atoms with Gasteiger partial charge in [0.25, 0.3) is 0 Å². The van der Waals surface area contributed by atoms with Gasteiger partial charge in [0, 0.05) is 18.5 Å². The molecule has 2 aliphatic heterocycles. The molecule has 0 radical (unpaired) electrons.